The first-order chi connectivity index (χ1) is 8.08. The Balaban J connectivity index is 2.33. The van der Waals surface area contributed by atoms with Crippen LogP contribution in [0.3, 0.4) is 0 Å². The van der Waals surface area contributed by atoms with Gasteiger partial charge in [-0.05, 0) is 12.1 Å². The standard InChI is InChI=1S/C10H6N2O5/c13-10(14)9-5-8(11-17-9)6-1-3-7(4-2-6)12(15)16/h1-5H,(H,13,14). The van der Waals surface area contributed by atoms with E-state index < -0.39 is 10.9 Å². The second-order valence-corrected chi connectivity index (χ2v) is 3.19. The van der Waals surface area contributed by atoms with Gasteiger partial charge in [-0.15, -0.1) is 0 Å². The summed E-state index contributed by atoms with van der Waals surface area (Å²) in [5.41, 5.74) is 0.819. The first-order valence-corrected chi connectivity index (χ1v) is 4.53. The van der Waals surface area contributed by atoms with Crippen LogP contribution in [0.1, 0.15) is 10.6 Å². The third kappa shape index (κ3) is 2.12. The van der Waals surface area contributed by atoms with Crippen molar-refractivity contribution in [3.05, 3.63) is 46.2 Å². The number of hydrogen-bond donors (Lipinski definition) is 1. The molecule has 0 radical (unpaired) electrons. The molecule has 7 heteroatoms. The Morgan fingerprint density at radius 2 is 2.00 bits per heavy atom. The Morgan fingerprint density at radius 1 is 1.35 bits per heavy atom. The molecule has 0 saturated carbocycles. The molecule has 0 fully saturated rings. The maximum Gasteiger partial charge on any atom is 0.374 e. The second-order valence-electron chi connectivity index (χ2n) is 3.19. The molecule has 0 aliphatic heterocycles. The van der Waals surface area contributed by atoms with Gasteiger partial charge in [-0.25, -0.2) is 4.79 Å². The molecule has 0 unspecified atom stereocenters. The van der Waals surface area contributed by atoms with Gasteiger partial charge in [0.05, 0.1) is 4.92 Å². The molecular weight excluding hydrogens is 228 g/mol. The van der Waals surface area contributed by atoms with Crippen LogP contribution in [0.15, 0.2) is 34.9 Å². The lowest BCUT2D eigenvalue weighted by Crippen LogP contribution is -1.91. The number of carboxylic acids is 1. The Kier molecular flexibility index (Phi) is 2.57. The van der Waals surface area contributed by atoms with Crippen molar-refractivity contribution in [2.45, 2.75) is 0 Å². The number of nitro groups is 1. The normalized spacial score (nSPS) is 10.1. The lowest BCUT2D eigenvalue weighted by atomic mass is 10.1. The molecule has 7 nitrogen and oxygen atoms in total. The van der Waals surface area contributed by atoms with Crippen molar-refractivity contribution in [3.8, 4) is 11.3 Å². The van der Waals surface area contributed by atoms with Crippen LogP contribution in [-0.2, 0) is 0 Å². The highest BCUT2D eigenvalue weighted by Gasteiger charge is 2.13. The molecule has 0 aliphatic carbocycles. The van der Waals surface area contributed by atoms with E-state index >= 15 is 0 Å². The Bertz CT molecular complexity index is 573. The molecule has 2 aromatic rings. The van der Waals surface area contributed by atoms with Gasteiger partial charge in [0.1, 0.15) is 5.69 Å². The van der Waals surface area contributed by atoms with E-state index in [1.807, 2.05) is 0 Å². The molecule has 86 valence electrons. The third-order valence-corrected chi connectivity index (χ3v) is 2.09. The molecule has 17 heavy (non-hydrogen) atoms. The molecule has 1 aromatic heterocycles. The minimum atomic E-state index is -1.22. The van der Waals surface area contributed by atoms with E-state index in [0.717, 1.165) is 0 Å². The zero-order valence-electron chi connectivity index (χ0n) is 8.36. The molecule has 0 aliphatic rings. The summed E-state index contributed by atoms with van der Waals surface area (Å²) in [4.78, 5) is 20.5. The van der Waals surface area contributed by atoms with Crippen LogP contribution in [0.4, 0.5) is 5.69 Å². The Hall–Kier alpha value is -2.70. The van der Waals surface area contributed by atoms with E-state index in [2.05, 4.69) is 9.68 Å². The largest absolute Gasteiger partial charge is 0.475 e. The van der Waals surface area contributed by atoms with E-state index in [1.54, 1.807) is 0 Å². The van der Waals surface area contributed by atoms with Gasteiger partial charge < -0.3 is 9.63 Å². The SMILES string of the molecule is O=C(O)c1cc(-c2ccc([N+](=O)[O-])cc2)no1. The van der Waals surface area contributed by atoms with Gasteiger partial charge in [0, 0.05) is 23.8 Å². The van der Waals surface area contributed by atoms with Crippen molar-refractivity contribution in [2.75, 3.05) is 0 Å². The van der Waals surface area contributed by atoms with Crippen molar-refractivity contribution >= 4 is 11.7 Å². The zero-order chi connectivity index (χ0) is 12.4. The number of carbonyl (C=O) groups is 1. The van der Waals surface area contributed by atoms with E-state index in [4.69, 9.17) is 5.11 Å². The van der Waals surface area contributed by atoms with E-state index in [-0.39, 0.29) is 11.4 Å². The summed E-state index contributed by atoms with van der Waals surface area (Å²) < 4.78 is 4.57. The molecular formula is C10H6N2O5. The summed E-state index contributed by atoms with van der Waals surface area (Å²) in [6.45, 7) is 0. The molecule has 2 rings (SSSR count). The maximum atomic E-state index is 10.6. The topological polar surface area (TPSA) is 106 Å². The van der Waals surface area contributed by atoms with Crippen LogP contribution in [0.25, 0.3) is 11.3 Å². The molecule has 0 atom stereocenters. The summed E-state index contributed by atoms with van der Waals surface area (Å²) in [5, 5.41) is 22.6. The van der Waals surface area contributed by atoms with Crippen molar-refractivity contribution in [3.63, 3.8) is 0 Å². The predicted molar refractivity (Wildman–Crippen MR) is 55.6 cm³/mol. The Labute approximate surface area is 94.4 Å². The minimum absolute atomic E-state index is 0.0456. The Morgan fingerprint density at radius 3 is 2.47 bits per heavy atom. The highest BCUT2D eigenvalue weighted by atomic mass is 16.6. The quantitative estimate of drug-likeness (QED) is 0.642. The fraction of sp³-hybridized carbons (Fsp3) is 0. The van der Waals surface area contributed by atoms with Crippen LogP contribution >= 0.6 is 0 Å². The maximum absolute atomic E-state index is 10.6. The molecule has 1 heterocycles. The van der Waals surface area contributed by atoms with E-state index in [9.17, 15) is 14.9 Å². The lowest BCUT2D eigenvalue weighted by Gasteiger charge is -1.94. The average Bonchev–Trinajstić information content (AvgIpc) is 2.78. The molecule has 1 N–H and O–H groups in total. The van der Waals surface area contributed by atoms with Crippen LogP contribution in [0.5, 0.6) is 0 Å². The predicted octanol–water partition coefficient (Wildman–Crippen LogP) is 1.95. The number of aromatic carboxylic acids is 1. The second kappa shape index (κ2) is 4.05. The first kappa shape index (κ1) is 10.8. The molecule has 1 aromatic carbocycles. The summed E-state index contributed by atoms with van der Waals surface area (Å²) in [7, 11) is 0. The first-order valence-electron chi connectivity index (χ1n) is 4.53. The van der Waals surface area contributed by atoms with Crippen LogP contribution in [-0.4, -0.2) is 21.2 Å². The molecule has 0 saturated heterocycles. The number of nitrogens with zero attached hydrogens (tertiary/aromatic N) is 2. The number of non-ortho nitro benzene ring substituents is 1. The van der Waals surface area contributed by atoms with Gasteiger partial charge in [0.15, 0.2) is 0 Å². The van der Waals surface area contributed by atoms with Gasteiger partial charge in [-0.3, -0.25) is 10.1 Å². The minimum Gasteiger partial charge on any atom is -0.475 e. The number of hydrogen-bond acceptors (Lipinski definition) is 5. The average molecular weight is 234 g/mol. The smallest absolute Gasteiger partial charge is 0.374 e. The molecule has 0 spiro atoms. The van der Waals surface area contributed by atoms with Gasteiger partial charge in [-0.1, -0.05) is 5.16 Å². The monoisotopic (exact) mass is 234 g/mol. The summed E-state index contributed by atoms with van der Waals surface area (Å²) >= 11 is 0. The summed E-state index contributed by atoms with van der Waals surface area (Å²) in [5.74, 6) is -1.50. The van der Waals surface area contributed by atoms with Crippen LogP contribution in [0, 0.1) is 10.1 Å². The van der Waals surface area contributed by atoms with Gasteiger partial charge in [-0.2, -0.15) is 0 Å². The van der Waals surface area contributed by atoms with Crippen LogP contribution in [0.2, 0.25) is 0 Å². The number of rotatable bonds is 3. The number of benzene rings is 1. The highest BCUT2D eigenvalue weighted by Crippen LogP contribution is 2.22. The summed E-state index contributed by atoms with van der Waals surface area (Å²) in [6, 6.07) is 6.82. The van der Waals surface area contributed by atoms with Crippen LogP contribution < -0.4 is 0 Å². The third-order valence-electron chi connectivity index (χ3n) is 2.09. The lowest BCUT2D eigenvalue weighted by molar-refractivity contribution is -0.384. The van der Waals surface area contributed by atoms with Crippen molar-refractivity contribution < 1.29 is 19.3 Å². The van der Waals surface area contributed by atoms with E-state index in [0.29, 0.717) is 11.3 Å². The fourth-order valence-electron chi connectivity index (χ4n) is 1.27. The number of nitro benzene ring substituents is 1. The number of carboxylic acid groups (broad SMARTS) is 1. The zero-order valence-corrected chi connectivity index (χ0v) is 8.36. The summed E-state index contributed by atoms with van der Waals surface area (Å²) in [6.07, 6.45) is 0. The molecule has 0 bridgehead atoms. The van der Waals surface area contributed by atoms with Crippen molar-refractivity contribution in [2.24, 2.45) is 0 Å². The van der Waals surface area contributed by atoms with Gasteiger partial charge in [0.25, 0.3) is 5.69 Å². The number of aromatic nitrogens is 1. The van der Waals surface area contributed by atoms with Gasteiger partial charge in [0.2, 0.25) is 5.76 Å². The van der Waals surface area contributed by atoms with Crippen molar-refractivity contribution in [1.29, 1.82) is 0 Å². The van der Waals surface area contributed by atoms with Crippen molar-refractivity contribution in [1.82, 2.24) is 5.16 Å². The molecule has 0 amide bonds. The fourth-order valence-corrected chi connectivity index (χ4v) is 1.27. The van der Waals surface area contributed by atoms with E-state index in [1.165, 1.54) is 30.3 Å². The highest BCUT2D eigenvalue weighted by molar-refractivity contribution is 5.85. The van der Waals surface area contributed by atoms with Gasteiger partial charge >= 0.3 is 5.97 Å².